The number of halogens is 3. The van der Waals surface area contributed by atoms with Crippen LogP contribution < -0.4 is 20.9 Å². The number of esters is 1. The van der Waals surface area contributed by atoms with Gasteiger partial charge in [-0.2, -0.15) is 8.78 Å². The van der Waals surface area contributed by atoms with E-state index in [4.69, 9.17) is 4.74 Å². The smallest absolute Gasteiger partial charge is 0.387 e. The van der Waals surface area contributed by atoms with Crippen molar-refractivity contribution >= 4 is 23.7 Å². The van der Waals surface area contributed by atoms with Crippen LogP contribution in [0.3, 0.4) is 0 Å². The predicted molar refractivity (Wildman–Crippen MR) is 135 cm³/mol. The molecule has 2 aromatic heterocycles. The van der Waals surface area contributed by atoms with Crippen LogP contribution in [-0.4, -0.2) is 28.7 Å². The van der Waals surface area contributed by atoms with Crippen molar-refractivity contribution in [2.45, 2.75) is 40.3 Å². The Morgan fingerprint density at radius 2 is 1.86 bits per heavy atom. The van der Waals surface area contributed by atoms with E-state index < -0.39 is 24.0 Å². The monoisotopic (exact) mass is 512 g/mol. The number of pyridine rings is 2. The molecular formula is C28H27F3N2O4. The van der Waals surface area contributed by atoms with Gasteiger partial charge in [0, 0.05) is 5.35 Å². The summed E-state index contributed by atoms with van der Waals surface area (Å²) in [7, 11) is 0. The van der Waals surface area contributed by atoms with Crippen LogP contribution in [0.4, 0.5) is 13.2 Å². The number of ether oxygens (including phenoxy) is 2. The summed E-state index contributed by atoms with van der Waals surface area (Å²) in [4.78, 5) is 30.3. The predicted octanol–water partition coefficient (Wildman–Crippen LogP) is 4.28. The minimum Gasteiger partial charge on any atom is -0.462 e. The molecule has 2 heterocycles. The van der Waals surface area contributed by atoms with E-state index in [9.17, 15) is 22.8 Å². The number of allylic oxidation sites excluding steroid dienone is 2. The number of nitrogens with zero attached hydrogens (tertiary/aromatic N) is 2. The van der Waals surface area contributed by atoms with Gasteiger partial charge < -0.3 is 14.0 Å². The maximum atomic E-state index is 13.5. The van der Waals surface area contributed by atoms with Gasteiger partial charge >= 0.3 is 12.6 Å². The molecule has 0 spiro atoms. The normalized spacial score (nSPS) is 12.8. The highest BCUT2D eigenvalue weighted by Gasteiger charge is 2.16. The topological polar surface area (TPSA) is 70.4 Å². The number of aromatic nitrogens is 2. The fourth-order valence-corrected chi connectivity index (χ4v) is 3.72. The van der Waals surface area contributed by atoms with Crippen LogP contribution in [0.25, 0.3) is 17.7 Å². The molecule has 0 N–H and O–H groups in total. The lowest BCUT2D eigenvalue weighted by Crippen LogP contribution is -2.46. The highest BCUT2D eigenvalue weighted by molar-refractivity contribution is 5.90. The fraction of sp³-hybridized carbons (Fsp3) is 0.250. The van der Waals surface area contributed by atoms with Crippen molar-refractivity contribution in [3.8, 4) is 5.75 Å². The number of hydrogen-bond donors (Lipinski definition) is 0. The van der Waals surface area contributed by atoms with Gasteiger partial charge in [-0.25, -0.2) is 9.18 Å². The molecule has 0 amide bonds. The van der Waals surface area contributed by atoms with E-state index in [0.717, 1.165) is 0 Å². The molecule has 0 bridgehead atoms. The Balaban J connectivity index is 2.24. The lowest BCUT2D eigenvalue weighted by molar-refractivity contribution is -0.0500. The summed E-state index contributed by atoms with van der Waals surface area (Å²) < 4.78 is 49.4. The molecule has 3 rings (SSSR count). The van der Waals surface area contributed by atoms with Crippen molar-refractivity contribution in [3.63, 3.8) is 0 Å². The zero-order chi connectivity index (χ0) is 26.9. The Kier molecular flexibility index (Phi) is 9.43. The Morgan fingerprint density at radius 1 is 1.14 bits per heavy atom. The quantitative estimate of drug-likeness (QED) is 0.401. The zero-order valence-electron chi connectivity index (χ0n) is 20.7. The Bertz CT molecular complexity index is 1440. The van der Waals surface area contributed by atoms with Crippen LogP contribution in [0.2, 0.25) is 0 Å². The second-order valence-electron chi connectivity index (χ2n) is 7.90. The summed E-state index contributed by atoms with van der Waals surface area (Å²) in [5.41, 5.74) is 1.08. The van der Waals surface area contributed by atoms with Crippen LogP contribution in [0.5, 0.6) is 5.75 Å². The van der Waals surface area contributed by atoms with Gasteiger partial charge in [-0.05, 0) is 73.0 Å². The van der Waals surface area contributed by atoms with E-state index in [1.165, 1.54) is 41.1 Å². The van der Waals surface area contributed by atoms with Crippen molar-refractivity contribution in [1.29, 1.82) is 0 Å². The number of alkyl halides is 2. The van der Waals surface area contributed by atoms with Crippen molar-refractivity contribution in [2.24, 2.45) is 0 Å². The Morgan fingerprint density at radius 3 is 2.43 bits per heavy atom. The molecule has 0 unspecified atom stereocenters. The van der Waals surface area contributed by atoms with Crippen LogP contribution in [0.1, 0.15) is 48.8 Å². The van der Waals surface area contributed by atoms with E-state index >= 15 is 0 Å². The van der Waals surface area contributed by atoms with Gasteiger partial charge in [0.05, 0.1) is 25.0 Å². The summed E-state index contributed by atoms with van der Waals surface area (Å²) in [5, 5.41) is 1.11. The van der Waals surface area contributed by atoms with Gasteiger partial charge in [0.1, 0.15) is 17.1 Å². The summed E-state index contributed by atoms with van der Waals surface area (Å²) in [6.45, 7) is 2.57. The molecule has 9 heteroatoms. The molecule has 6 nitrogen and oxygen atoms in total. The second-order valence-corrected chi connectivity index (χ2v) is 7.90. The molecule has 0 saturated carbocycles. The van der Waals surface area contributed by atoms with Crippen LogP contribution >= 0.6 is 0 Å². The molecule has 0 atom stereocenters. The summed E-state index contributed by atoms with van der Waals surface area (Å²) in [6, 6.07) is 10.1. The molecule has 3 aromatic rings. The van der Waals surface area contributed by atoms with Crippen molar-refractivity contribution in [3.05, 3.63) is 98.3 Å². The lowest BCUT2D eigenvalue weighted by Gasteiger charge is -2.12. The molecule has 0 radical (unpaired) electrons. The largest absolute Gasteiger partial charge is 0.462 e. The first kappa shape index (κ1) is 27.4. The third-order valence-corrected chi connectivity index (χ3v) is 5.39. The number of hydrogen-bond acceptors (Lipinski definition) is 5. The highest BCUT2D eigenvalue weighted by Crippen LogP contribution is 2.18. The van der Waals surface area contributed by atoms with Gasteiger partial charge in [-0.3, -0.25) is 9.78 Å². The van der Waals surface area contributed by atoms with E-state index in [1.807, 2.05) is 13.0 Å². The van der Waals surface area contributed by atoms with Crippen LogP contribution in [0.15, 0.2) is 59.5 Å². The van der Waals surface area contributed by atoms with E-state index in [-0.39, 0.29) is 24.5 Å². The number of carbonyl (C=O) groups excluding carboxylic acids is 1. The highest BCUT2D eigenvalue weighted by atomic mass is 19.3. The first-order chi connectivity index (χ1) is 17.8. The van der Waals surface area contributed by atoms with Gasteiger partial charge in [-0.1, -0.05) is 31.2 Å². The van der Waals surface area contributed by atoms with Gasteiger partial charge in [0.25, 0.3) is 5.56 Å². The molecular weight excluding hydrogens is 485 g/mol. The second kappa shape index (κ2) is 12.7. The molecule has 194 valence electrons. The molecule has 0 fully saturated rings. The minimum atomic E-state index is -2.96. The average molecular weight is 513 g/mol. The van der Waals surface area contributed by atoms with Crippen LogP contribution in [0, 0.1) is 5.82 Å². The number of rotatable bonds is 9. The standard InChI is InChI=1S/C28H27F3N2O4/c1-4-7-25-20(14-19(5-2)24-13-12-22(16-32-24)37-28(30)31)15-23(27(35)36-6-3)26(34)33(25)17-18-8-10-21(29)11-9-18/h5,7-16,28H,4,6,17H2,1-3H3/b19-5+,20-14-,25-7-. The lowest BCUT2D eigenvalue weighted by atomic mass is 10.1. The average Bonchev–Trinajstić information content (AvgIpc) is 2.87. The van der Waals surface area contributed by atoms with Crippen molar-refractivity contribution in [1.82, 2.24) is 9.55 Å². The molecule has 0 saturated heterocycles. The maximum Gasteiger partial charge on any atom is 0.387 e. The first-order valence-electron chi connectivity index (χ1n) is 11.7. The minimum absolute atomic E-state index is 0.0772. The van der Waals surface area contributed by atoms with Gasteiger partial charge in [0.2, 0.25) is 0 Å². The van der Waals surface area contributed by atoms with E-state index in [0.29, 0.717) is 33.8 Å². The van der Waals surface area contributed by atoms with Crippen molar-refractivity contribution < 1.29 is 27.4 Å². The summed E-state index contributed by atoms with van der Waals surface area (Å²) in [5.74, 6) is -1.24. The van der Waals surface area contributed by atoms with E-state index in [2.05, 4.69) is 9.72 Å². The number of carbonyl (C=O) groups is 1. The summed E-state index contributed by atoms with van der Waals surface area (Å²) >= 11 is 0. The van der Waals surface area contributed by atoms with Gasteiger partial charge in [-0.15, -0.1) is 0 Å². The fourth-order valence-electron chi connectivity index (χ4n) is 3.72. The van der Waals surface area contributed by atoms with E-state index in [1.54, 1.807) is 38.1 Å². The van der Waals surface area contributed by atoms with Crippen molar-refractivity contribution in [2.75, 3.05) is 6.61 Å². The molecule has 0 aliphatic heterocycles. The molecule has 37 heavy (non-hydrogen) atoms. The first-order valence-corrected chi connectivity index (χ1v) is 11.7. The summed E-state index contributed by atoms with van der Waals surface area (Å²) in [6.07, 6.45) is 7.15. The SMILES string of the molecule is C\C=C(/C=c1/cc(C(=O)OCC)c(=O)n(Cc2ccc(F)cc2)/c1=C\CC)c1ccc(OC(F)F)cn1. The Hall–Kier alpha value is -4.14. The van der Waals surface area contributed by atoms with Gasteiger partial charge in [0.15, 0.2) is 0 Å². The zero-order valence-corrected chi connectivity index (χ0v) is 20.7. The third-order valence-electron chi connectivity index (χ3n) is 5.39. The molecule has 0 aliphatic rings. The Labute approximate surface area is 212 Å². The number of benzene rings is 1. The molecule has 1 aromatic carbocycles. The molecule has 0 aliphatic carbocycles. The third kappa shape index (κ3) is 6.97. The van der Waals surface area contributed by atoms with Crippen LogP contribution in [-0.2, 0) is 11.3 Å². The maximum absolute atomic E-state index is 13.5.